The molecule has 25 heavy (non-hydrogen) atoms. The molecule has 0 aliphatic carbocycles. The van der Waals surface area contributed by atoms with E-state index in [1.807, 2.05) is 6.92 Å². The Hall–Kier alpha value is -1.25. The monoisotopic (exact) mass is 370 g/mol. The van der Waals surface area contributed by atoms with E-state index < -0.39 is 40.8 Å². The summed E-state index contributed by atoms with van der Waals surface area (Å²) in [5.41, 5.74) is 2.19. The zero-order chi connectivity index (χ0) is 19.0. The van der Waals surface area contributed by atoms with E-state index in [-0.39, 0.29) is 4.90 Å². The van der Waals surface area contributed by atoms with Gasteiger partial charge in [-0.3, -0.25) is 4.18 Å². The molecule has 0 aromatic heterocycles. The summed E-state index contributed by atoms with van der Waals surface area (Å²) in [7, 11) is -4.00. The minimum Gasteiger partial charge on any atom is -0.388 e. The Kier molecular flexibility index (Phi) is 5.75. The van der Waals surface area contributed by atoms with Crippen molar-refractivity contribution in [3.63, 3.8) is 0 Å². The van der Waals surface area contributed by atoms with Gasteiger partial charge in [0, 0.05) is 0 Å². The van der Waals surface area contributed by atoms with Crippen LogP contribution in [0.1, 0.15) is 30.5 Å². The van der Waals surface area contributed by atoms with Gasteiger partial charge in [-0.1, -0.05) is 23.8 Å². The van der Waals surface area contributed by atoms with Crippen LogP contribution in [-0.4, -0.2) is 44.2 Å². The quantitative estimate of drug-likeness (QED) is 0.612. The van der Waals surface area contributed by atoms with Crippen LogP contribution < -0.4 is 0 Å². The van der Waals surface area contributed by atoms with Crippen molar-refractivity contribution in [2.75, 3.05) is 6.61 Å². The van der Waals surface area contributed by atoms with Gasteiger partial charge >= 0.3 is 0 Å². The van der Waals surface area contributed by atoms with Crippen molar-refractivity contribution in [2.24, 2.45) is 0 Å². The number of aliphatic hydroxyl groups excluding tert-OH is 1. The third-order valence-corrected chi connectivity index (χ3v) is 5.61. The fourth-order valence-electron chi connectivity index (χ4n) is 3.17. The second kappa shape index (κ2) is 7.17. The number of benzene rings is 1. The smallest absolute Gasteiger partial charge is 0.297 e. The zero-order valence-corrected chi connectivity index (χ0v) is 16.1. The summed E-state index contributed by atoms with van der Waals surface area (Å²) in [6.07, 6.45) is -0.946. The van der Waals surface area contributed by atoms with Crippen LogP contribution >= 0.6 is 0 Å². The van der Waals surface area contributed by atoms with Gasteiger partial charge in [-0.05, 0) is 45.7 Å². The summed E-state index contributed by atoms with van der Waals surface area (Å²) < 4.78 is 41.4. The molecule has 2 rings (SSSR count). The van der Waals surface area contributed by atoms with Gasteiger partial charge in [-0.25, -0.2) is 0 Å². The number of hydrogen-bond donors (Lipinski definition) is 1. The van der Waals surface area contributed by atoms with E-state index in [0.717, 1.165) is 5.56 Å². The van der Waals surface area contributed by atoms with Crippen molar-refractivity contribution < 1.29 is 27.2 Å². The zero-order valence-electron chi connectivity index (χ0n) is 15.3. The summed E-state index contributed by atoms with van der Waals surface area (Å²) in [6, 6.07) is 3.56. The molecule has 3 atom stereocenters. The molecule has 1 saturated heterocycles. The first kappa shape index (κ1) is 20.1. The molecular formula is C18H26O6S. The molecule has 140 valence electrons. The predicted octanol–water partition coefficient (Wildman–Crippen LogP) is 2.38. The van der Waals surface area contributed by atoms with Crippen molar-refractivity contribution in [3.8, 4) is 0 Å². The van der Waals surface area contributed by atoms with Crippen LogP contribution in [0.2, 0.25) is 0 Å². The fourth-order valence-corrected chi connectivity index (χ4v) is 4.51. The summed E-state index contributed by atoms with van der Waals surface area (Å²) in [5, 5.41) is 10.3. The van der Waals surface area contributed by atoms with Crippen LogP contribution in [0.4, 0.5) is 0 Å². The summed E-state index contributed by atoms with van der Waals surface area (Å²) in [5.74, 6) is -0.881. The van der Waals surface area contributed by atoms with Crippen molar-refractivity contribution >= 4 is 10.1 Å². The molecule has 1 fully saturated rings. The van der Waals surface area contributed by atoms with E-state index >= 15 is 0 Å². The van der Waals surface area contributed by atoms with Gasteiger partial charge in [0.1, 0.15) is 18.3 Å². The number of aliphatic hydroxyl groups is 1. The van der Waals surface area contributed by atoms with Crippen molar-refractivity contribution in [3.05, 3.63) is 41.5 Å². The van der Waals surface area contributed by atoms with E-state index in [1.54, 1.807) is 39.8 Å². The maximum atomic E-state index is 12.6. The van der Waals surface area contributed by atoms with Gasteiger partial charge in [0.25, 0.3) is 10.1 Å². The number of hydrogen-bond acceptors (Lipinski definition) is 6. The van der Waals surface area contributed by atoms with Crippen molar-refractivity contribution in [2.45, 2.75) is 63.6 Å². The van der Waals surface area contributed by atoms with Gasteiger partial charge < -0.3 is 14.6 Å². The van der Waals surface area contributed by atoms with Crippen LogP contribution in [0.3, 0.4) is 0 Å². The average molecular weight is 370 g/mol. The second-order valence-electron chi connectivity index (χ2n) is 6.83. The third-order valence-electron chi connectivity index (χ3n) is 4.02. The molecule has 0 amide bonds. The van der Waals surface area contributed by atoms with E-state index in [2.05, 4.69) is 6.58 Å². The van der Waals surface area contributed by atoms with Crippen molar-refractivity contribution in [1.82, 2.24) is 0 Å². The molecule has 0 radical (unpaired) electrons. The van der Waals surface area contributed by atoms with Crippen molar-refractivity contribution in [1.29, 1.82) is 0 Å². The molecule has 0 saturated carbocycles. The van der Waals surface area contributed by atoms with Gasteiger partial charge in [-0.2, -0.15) is 8.42 Å². The number of ether oxygens (including phenoxy) is 2. The molecule has 0 unspecified atom stereocenters. The molecule has 6 nitrogen and oxygen atoms in total. The summed E-state index contributed by atoms with van der Waals surface area (Å²) in [6.45, 7) is 12.0. The predicted molar refractivity (Wildman–Crippen MR) is 93.8 cm³/mol. The highest BCUT2D eigenvalue weighted by Crippen LogP contribution is 2.31. The Morgan fingerprint density at radius 2 is 1.84 bits per heavy atom. The lowest BCUT2D eigenvalue weighted by molar-refractivity contribution is -0.155. The lowest BCUT2D eigenvalue weighted by atomic mass is 10.1. The highest BCUT2D eigenvalue weighted by atomic mass is 32.2. The normalized spacial score (nSPS) is 24.2. The van der Waals surface area contributed by atoms with Crippen LogP contribution in [-0.2, 0) is 23.8 Å². The Morgan fingerprint density at radius 3 is 2.36 bits per heavy atom. The van der Waals surface area contributed by atoms with Crippen LogP contribution in [0.15, 0.2) is 29.7 Å². The van der Waals surface area contributed by atoms with Crippen LogP contribution in [0, 0.1) is 20.8 Å². The standard InChI is InChI=1S/C18H26O6S/c1-7-15-16(24-18(5,6)23-15)14(19)10-22-25(20,21)17-12(3)8-11(2)9-13(17)4/h7-9,14-16,19H,1,10H2,2-6H3/t14-,15-,16-/m1/s1. The molecule has 1 N–H and O–H groups in total. The second-order valence-corrected chi connectivity index (χ2v) is 8.39. The third kappa shape index (κ3) is 4.48. The Labute approximate surface area is 149 Å². The minimum absolute atomic E-state index is 0.134. The SMILES string of the molecule is C=C[C@H]1OC(C)(C)O[C@@H]1[C@H](O)COS(=O)(=O)c1c(C)cc(C)cc1C. The van der Waals surface area contributed by atoms with E-state index in [0.29, 0.717) is 11.1 Å². The largest absolute Gasteiger partial charge is 0.388 e. The number of aryl methyl sites for hydroxylation is 3. The number of rotatable bonds is 6. The van der Waals surface area contributed by atoms with E-state index in [1.165, 1.54) is 6.08 Å². The van der Waals surface area contributed by atoms with Gasteiger partial charge in [0.15, 0.2) is 5.79 Å². The minimum atomic E-state index is -4.00. The van der Waals surface area contributed by atoms with Gasteiger partial charge in [-0.15, -0.1) is 6.58 Å². The Balaban J connectivity index is 2.14. The van der Waals surface area contributed by atoms with E-state index in [4.69, 9.17) is 13.7 Å². The first-order valence-electron chi connectivity index (χ1n) is 8.10. The first-order chi connectivity index (χ1) is 11.5. The Morgan fingerprint density at radius 1 is 1.28 bits per heavy atom. The molecule has 0 spiro atoms. The lowest BCUT2D eigenvalue weighted by Crippen LogP contribution is -2.38. The topological polar surface area (TPSA) is 82.1 Å². The highest BCUT2D eigenvalue weighted by Gasteiger charge is 2.43. The first-order valence-corrected chi connectivity index (χ1v) is 9.51. The molecule has 1 aromatic rings. The molecular weight excluding hydrogens is 344 g/mol. The van der Waals surface area contributed by atoms with Crippen LogP contribution in [0.25, 0.3) is 0 Å². The molecule has 1 aromatic carbocycles. The maximum Gasteiger partial charge on any atom is 0.297 e. The molecule has 1 heterocycles. The maximum absolute atomic E-state index is 12.6. The molecule has 1 aliphatic heterocycles. The molecule has 0 bridgehead atoms. The van der Waals surface area contributed by atoms with Crippen LogP contribution in [0.5, 0.6) is 0 Å². The Bertz CT molecular complexity index is 730. The molecule has 1 aliphatic rings. The highest BCUT2D eigenvalue weighted by molar-refractivity contribution is 7.86. The van der Waals surface area contributed by atoms with Gasteiger partial charge in [0.05, 0.1) is 11.5 Å². The summed E-state index contributed by atoms with van der Waals surface area (Å²) >= 11 is 0. The fraction of sp³-hybridized carbons (Fsp3) is 0.556. The summed E-state index contributed by atoms with van der Waals surface area (Å²) in [4.78, 5) is 0.134. The lowest BCUT2D eigenvalue weighted by Gasteiger charge is -2.21. The van der Waals surface area contributed by atoms with Gasteiger partial charge in [0.2, 0.25) is 0 Å². The van der Waals surface area contributed by atoms with E-state index in [9.17, 15) is 13.5 Å². The molecule has 7 heteroatoms. The average Bonchev–Trinajstić information content (AvgIpc) is 2.78.